The van der Waals surface area contributed by atoms with Gasteiger partial charge < -0.3 is 10.4 Å². The minimum atomic E-state index is 0.272. The van der Waals surface area contributed by atoms with Crippen molar-refractivity contribution in [3.63, 3.8) is 0 Å². The van der Waals surface area contributed by atoms with Crippen LogP contribution in [-0.2, 0) is 0 Å². The Labute approximate surface area is 59.3 Å². The van der Waals surface area contributed by atoms with Crippen LogP contribution in [0.15, 0.2) is 11.0 Å². The molecular formula is C6H11NOS. The van der Waals surface area contributed by atoms with Crippen molar-refractivity contribution in [2.45, 2.75) is 6.42 Å². The van der Waals surface area contributed by atoms with Gasteiger partial charge in [-0.2, -0.15) is 0 Å². The fraction of sp³-hybridized carbons (Fsp3) is 0.667. The molecule has 0 aromatic heterocycles. The van der Waals surface area contributed by atoms with Crippen LogP contribution in [0.5, 0.6) is 0 Å². The summed E-state index contributed by atoms with van der Waals surface area (Å²) in [4.78, 5) is 0. The molecule has 1 rings (SSSR count). The van der Waals surface area contributed by atoms with E-state index < -0.39 is 0 Å². The minimum absolute atomic E-state index is 0.272. The molecule has 1 heterocycles. The van der Waals surface area contributed by atoms with Gasteiger partial charge in [-0.1, -0.05) is 0 Å². The van der Waals surface area contributed by atoms with E-state index in [0.29, 0.717) is 0 Å². The molecule has 0 atom stereocenters. The minimum Gasteiger partial charge on any atom is -0.396 e. The first-order valence-electron chi connectivity index (χ1n) is 3.04. The highest BCUT2D eigenvalue weighted by Crippen LogP contribution is 2.12. The van der Waals surface area contributed by atoms with Crippen LogP contribution in [0.25, 0.3) is 0 Å². The van der Waals surface area contributed by atoms with Crippen molar-refractivity contribution >= 4 is 11.8 Å². The Hall–Kier alpha value is 0.01000. The Bertz CT molecular complexity index is 114. The fourth-order valence-electron chi connectivity index (χ4n) is 0.763. The van der Waals surface area contributed by atoms with Gasteiger partial charge in [-0.05, 0) is 17.4 Å². The number of aliphatic hydroxyl groups excluding tert-OH is 1. The fourth-order valence-corrected chi connectivity index (χ4v) is 1.50. The number of aliphatic hydroxyl groups is 1. The molecule has 0 radical (unpaired) electrons. The SMILES string of the molecule is OCCC1=CSCNC1. The van der Waals surface area contributed by atoms with Crippen molar-refractivity contribution in [1.29, 1.82) is 0 Å². The number of hydrogen-bond acceptors (Lipinski definition) is 3. The highest BCUT2D eigenvalue weighted by atomic mass is 32.2. The van der Waals surface area contributed by atoms with Crippen LogP contribution in [0.2, 0.25) is 0 Å². The Morgan fingerprint density at radius 2 is 2.67 bits per heavy atom. The van der Waals surface area contributed by atoms with Crippen LogP contribution in [0, 0.1) is 0 Å². The van der Waals surface area contributed by atoms with E-state index in [1.165, 1.54) is 5.57 Å². The van der Waals surface area contributed by atoms with Crippen LogP contribution in [0.4, 0.5) is 0 Å². The molecule has 52 valence electrons. The van der Waals surface area contributed by atoms with E-state index in [0.717, 1.165) is 18.8 Å². The predicted octanol–water partition coefficient (Wildman–Crippen LogP) is 0.547. The summed E-state index contributed by atoms with van der Waals surface area (Å²) < 4.78 is 0. The molecule has 0 amide bonds. The van der Waals surface area contributed by atoms with Gasteiger partial charge in [0, 0.05) is 19.0 Å². The van der Waals surface area contributed by atoms with Gasteiger partial charge in [-0.3, -0.25) is 0 Å². The summed E-state index contributed by atoms with van der Waals surface area (Å²) in [6.45, 7) is 1.22. The van der Waals surface area contributed by atoms with Gasteiger partial charge in [0.25, 0.3) is 0 Å². The molecule has 3 heteroatoms. The second-order valence-electron chi connectivity index (χ2n) is 1.99. The summed E-state index contributed by atoms with van der Waals surface area (Å²) in [5.74, 6) is 1.01. The number of rotatable bonds is 2. The second-order valence-corrected chi connectivity index (χ2v) is 2.85. The molecule has 2 N–H and O–H groups in total. The van der Waals surface area contributed by atoms with Gasteiger partial charge in [0.05, 0.1) is 0 Å². The van der Waals surface area contributed by atoms with Gasteiger partial charge in [0.1, 0.15) is 0 Å². The summed E-state index contributed by atoms with van der Waals surface area (Å²) in [6, 6.07) is 0. The molecule has 9 heavy (non-hydrogen) atoms. The molecule has 0 aromatic carbocycles. The summed E-state index contributed by atoms with van der Waals surface area (Å²) in [7, 11) is 0. The van der Waals surface area contributed by atoms with E-state index in [9.17, 15) is 0 Å². The van der Waals surface area contributed by atoms with Crippen molar-refractivity contribution < 1.29 is 5.11 Å². The number of nitrogens with one attached hydrogen (secondary N) is 1. The first kappa shape index (κ1) is 7.12. The Kier molecular flexibility index (Phi) is 3.11. The summed E-state index contributed by atoms with van der Waals surface area (Å²) in [5.41, 5.74) is 1.31. The first-order chi connectivity index (χ1) is 4.43. The van der Waals surface area contributed by atoms with Crippen molar-refractivity contribution in [3.05, 3.63) is 11.0 Å². The Balaban J connectivity index is 2.28. The summed E-state index contributed by atoms with van der Waals surface area (Å²) in [5, 5.41) is 13.9. The van der Waals surface area contributed by atoms with Gasteiger partial charge in [-0.25, -0.2) is 0 Å². The van der Waals surface area contributed by atoms with Crippen LogP contribution in [0.1, 0.15) is 6.42 Å². The van der Waals surface area contributed by atoms with E-state index in [1.54, 1.807) is 11.8 Å². The maximum absolute atomic E-state index is 8.54. The second kappa shape index (κ2) is 3.93. The molecular weight excluding hydrogens is 134 g/mol. The van der Waals surface area contributed by atoms with Crippen LogP contribution in [-0.4, -0.2) is 24.1 Å². The van der Waals surface area contributed by atoms with E-state index in [4.69, 9.17) is 5.11 Å². The number of thioether (sulfide) groups is 1. The third kappa shape index (κ3) is 2.39. The third-order valence-corrected chi connectivity index (χ3v) is 2.09. The molecule has 0 spiro atoms. The lowest BCUT2D eigenvalue weighted by atomic mass is 10.2. The molecule has 1 aliphatic heterocycles. The van der Waals surface area contributed by atoms with E-state index >= 15 is 0 Å². The first-order valence-corrected chi connectivity index (χ1v) is 4.09. The van der Waals surface area contributed by atoms with Gasteiger partial charge >= 0.3 is 0 Å². The van der Waals surface area contributed by atoms with Crippen molar-refractivity contribution in [2.24, 2.45) is 0 Å². The maximum Gasteiger partial charge on any atom is 0.0468 e. The van der Waals surface area contributed by atoms with E-state index in [1.807, 2.05) is 0 Å². The van der Waals surface area contributed by atoms with Crippen molar-refractivity contribution in [1.82, 2.24) is 5.32 Å². The zero-order chi connectivity index (χ0) is 6.53. The van der Waals surface area contributed by atoms with Gasteiger partial charge in [-0.15, -0.1) is 11.8 Å². The zero-order valence-electron chi connectivity index (χ0n) is 5.26. The zero-order valence-corrected chi connectivity index (χ0v) is 6.08. The normalized spacial score (nSPS) is 19.4. The Morgan fingerprint density at radius 1 is 1.78 bits per heavy atom. The van der Waals surface area contributed by atoms with Crippen LogP contribution >= 0.6 is 11.8 Å². The highest BCUT2D eigenvalue weighted by molar-refractivity contribution is 8.02. The average Bonchev–Trinajstić information content (AvgIpc) is 1.91. The maximum atomic E-state index is 8.54. The molecule has 0 unspecified atom stereocenters. The lowest BCUT2D eigenvalue weighted by Gasteiger charge is -2.11. The largest absolute Gasteiger partial charge is 0.396 e. The molecule has 1 aliphatic rings. The van der Waals surface area contributed by atoms with Gasteiger partial charge in [0.15, 0.2) is 0 Å². The van der Waals surface area contributed by atoms with Crippen LogP contribution in [0.3, 0.4) is 0 Å². The van der Waals surface area contributed by atoms with Gasteiger partial charge in [0.2, 0.25) is 0 Å². The molecule has 0 aliphatic carbocycles. The molecule has 0 bridgehead atoms. The molecule has 0 fully saturated rings. The van der Waals surface area contributed by atoms with E-state index in [-0.39, 0.29) is 6.61 Å². The smallest absolute Gasteiger partial charge is 0.0468 e. The topological polar surface area (TPSA) is 32.3 Å². The summed E-state index contributed by atoms with van der Waals surface area (Å²) in [6.07, 6.45) is 0.819. The van der Waals surface area contributed by atoms with Crippen molar-refractivity contribution in [3.8, 4) is 0 Å². The lowest BCUT2D eigenvalue weighted by molar-refractivity contribution is 0.298. The highest BCUT2D eigenvalue weighted by Gasteiger charge is 2.00. The molecule has 0 aromatic rings. The third-order valence-electron chi connectivity index (χ3n) is 1.22. The molecule has 2 nitrogen and oxygen atoms in total. The lowest BCUT2D eigenvalue weighted by Crippen LogP contribution is -2.19. The Morgan fingerprint density at radius 3 is 3.22 bits per heavy atom. The molecule has 0 saturated heterocycles. The van der Waals surface area contributed by atoms with E-state index in [2.05, 4.69) is 10.7 Å². The molecule has 0 saturated carbocycles. The summed E-state index contributed by atoms with van der Waals surface area (Å²) >= 11 is 1.76. The quantitative estimate of drug-likeness (QED) is 0.595. The standard InChI is InChI=1S/C6H11NOS/c8-2-1-6-3-7-5-9-4-6/h4,7-8H,1-3,5H2. The van der Waals surface area contributed by atoms with Crippen molar-refractivity contribution in [2.75, 3.05) is 19.0 Å². The monoisotopic (exact) mass is 145 g/mol. The number of hydrogen-bond donors (Lipinski definition) is 2. The van der Waals surface area contributed by atoms with Crippen LogP contribution < -0.4 is 5.32 Å². The predicted molar refractivity (Wildman–Crippen MR) is 40.2 cm³/mol. The average molecular weight is 145 g/mol.